The van der Waals surface area contributed by atoms with Crippen LogP contribution in [0, 0.1) is 0 Å². The Balaban J connectivity index is 1.43. The van der Waals surface area contributed by atoms with Crippen LogP contribution in [-0.2, 0) is 9.59 Å². The number of rotatable bonds is 5. The molecule has 0 bridgehead atoms. The van der Waals surface area contributed by atoms with Crippen molar-refractivity contribution in [3.05, 3.63) is 53.1 Å². The number of halogens is 1. The molecule has 2 aromatic rings. The number of amides is 1. The number of carboxylic acid groups (broad SMARTS) is 1. The van der Waals surface area contributed by atoms with Crippen LogP contribution in [0.25, 0.3) is 6.08 Å². The minimum atomic E-state index is -0.954. The summed E-state index contributed by atoms with van der Waals surface area (Å²) in [7, 11) is 0. The molecular formula is C23H22ClNO5S. The van der Waals surface area contributed by atoms with Gasteiger partial charge in [0, 0.05) is 22.4 Å². The van der Waals surface area contributed by atoms with Crippen LogP contribution in [0.2, 0.25) is 5.02 Å². The van der Waals surface area contributed by atoms with Crippen molar-refractivity contribution in [2.45, 2.75) is 35.1 Å². The third-order valence-electron chi connectivity index (χ3n) is 5.19. The van der Waals surface area contributed by atoms with E-state index in [0.29, 0.717) is 31.2 Å². The first-order valence-electron chi connectivity index (χ1n) is 10.1. The van der Waals surface area contributed by atoms with E-state index in [-0.39, 0.29) is 5.91 Å². The summed E-state index contributed by atoms with van der Waals surface area (Å²) in [6.45, 7) is 1.55. The molecule has 0 saturated carbocycles. The number of hydrogen-bond acceptors (Lipinski definition) is 5. The molecule has 1 saturated heterocycles. The molecule has 1 N–H and O–H groups in total. The molecule has 0 radical (unpaired) electrons. The first-order chi connectivity index (χ1) is 15.0. The molecule has 1 unspecified atom stereocenters. The summed E-state index contributed by atoms with van der Waals surface area (Å²) >= 11 is 7.98. The zero-order valence-electron chi connectivity index (χ0n) is 16.8. The number of carboxylic acids is 1. The number of nitrogens with zero attached hydrogens (tertiary/aromatic N) is 1. The number of aliphatic carboxylic acids is 1. The van der Waals surface area contributed by atoms with Crippen LogP contribution < -0.4 is 9.47 Å². The van der Waals surface area contributed by atoms with Crippen LogP contribution in [0.1, 0.15) is 24.8 Å². The van der Waals surface area contributed by atoms with Gasteiger partial charge < -0.3 is 19.5 Å². The number of hydrogen-bond donors (Lipinski definition) is 1. The molecule has 2 aromatic carbocycles. The Hall–Kier alpha value is -2.64. The van der Waals surface area contributed by atoms with E-state index in [4.69, 9.17) is 21.1 Å². The molecule has 2 heterocycles. The number of benzene rings is 2. The zero-order chi connectivity index (χ0) is 21.8. The minimum absolute atomic E-state index is 0.294. The van der Waals surface area contributed by atoms with Crippen LogP contribution in [0.4, 0.5) is 0 Å². The topological polar surface area (TPSA) is 76.1 Å². The molecule has 0 aliphatic carbocycles. The van der Waals surface area contributed by atoms with Crippen molar-refractivity contribution in [1.82, 2.24) is 4.90 Å². The maximum atomic E-state index is 12.5. The lowest BCUT2D eigenvalue weighted by Crippen LogP contribution is -2.47. The van der Waals surface area contributed by atoms with Crippen molar-refractivity contribution in [3.63, 3.8) is 0 Å². The normalized spacial score (nSPS) is 18.2. The van der Waals surface area contributed by atoms with Crippen molar-refractivity contribution in [1.29, 1.82) is 0 Å². The molecule has 8 heteroatoms. The van der Waals surface area contributed by atoms with Crippen molar-refractivity contribution in [2.24, 2.45) is 0 Å². The average Bonchev–Trinajstić information content (AvgIpc) is 2.79. The SMILES string of the molecule is O=C(O)C1CCCCN1C(=O)C=Cc1ccc(Sc2ccc3c(c2)OCCO3)c(Cl)c1. The lowest BCUT2D eigenvalue weighted by molar-refractivity contribution is -0.150. The van der Waals surface area contributed by atoms with Gasteiger partial charge in [0.25, 0.3) is 0 Å². The number of fused-ring (bicyclic) bond motifs is 1. The van der Waals surface area contributed by atoms with E-state index >= 15 is 0 Å². The summed E-state index contributed by atoms with van der Waals surface area (Å²) in [5.41, 5.74) is 0.772. The van der Waals surface area contributed by atoms with Crippen LogP contribution in [0.15, 0.2) is 52.3 Å². The van der Waals surface area contributed by atoms with Crippen molar-refractivity contribution < 1.29 is 24.2 Å². The van der Waals surface area contributed by atoms with Crippen LogP contribution in [0.5, 0.6) is 11.5 Å². The Morgan fingerprint density at radius 3 is 2.68 bits per heavy atom. The lowest BCUT2D eigenvalue weighted by atomic mass is 10.0. The lowest BCUT2D eigenvalue weighted by Gasteiger charge is -2.32. The highest BCUT2D eigenvalue weighted by atomic mass is 35.5. The van der Waals surface area contributed by atoms with E-state index in [1.54, 1.807) is 12.1 Å². The molecule has 1 atom stereocenters. The molecule has 2 aliphatic heterocycles. The Morgan fingerprint density at radius 2 is 1.90 bits per heavy atom. The molecule has 1 fully saturated rings. The highest BCUT2D eigenvalue weighted by Gasteiger charge is 2.30. The van der Waals surface area contributed by atoms with Crippen LogP contribution in [0.3, 0.4) is 0 Å². The first-order valence-corrected chi connectivity index (χ1v) is 11.3. The summed E-state index contributed by atoms with van der Waals surface area (Å²) in [4.78, 5) is 27.2. The third kappa shape index (κ3) is 5.17. The third-order valence-corrected chi connectivity index (χ3v) is 6.68. The van der Waals surface area contributed by atoms with Gasteiger partial charge in [-0.2, -0.15) is 0 Å². The molecule has 6 nitrogen and oxygen atoms in total. The summed E-state index contributed by atoms with van der Waals surface area (Å²) in [5, 5.41) is 9.91. The van der Waals surface area contributed by atoms with Gasteiger partial charge in [-0.05, 0) is 61.2 Å². The van der Waals surface area contributed by atoms with Gasteiger partial charge in [-0.3, -0.25) is 4.79 Å². The second-order valence-electron chi connectivity index (χ2n) is 7.31. The van der Waals surface area contributed by atoms with E-state index in [0.717, 1.165) is 39.7 Å². The number of piperidine rings is 1. The molecule has 0 spiro atoms. The van der Waals surface area contributed by atoms with Gasteiger partial charge in [0.1, 0.15) is 19.3 Å². The fourth-order valence-corrected chi connectivity index (χ4v) is 4.79. The molecule has 0 aromatic heterocycles. The molecule has 162 valence electrons. The number of carbonyl (C=O) groups is 2. The summed E-state index contributed by atoms with van der Waals surface area (Å²) < 4.78 is 11.2. The van der Waals surface area contributed by atoms with Crippen LogP contribution in [-0.4, -0.2) is 47.7 Å². The first kappa shape index (κ1) is 21.6. The van der Waals surface area contributed by atoms with E-state index in [1.165, 1.54) is 22.7 Å². The monoisotopic (exact) mass is 459 g/mol. The van der Waals surface area contributed by atoms with E-state index in [1.807, 2.05) is 30.3 Å². The highest BCUT2D eigenvalue weighted by molar-refractivity contribution is 7.99. The smallest absolute Gasteiger partial charge is 0.326 e. The largest absolute Gasteiger partial charge is 0.486 e. The average molecular weight is 460 g/mol. The second kappa shape index (κ2) is 9.66. The number of likely N-dealkylation sites (tertiary alicyclic amines) is 1. The quantitative estimate of drug-likeness (QED) is 0.651. The van der Waals surface area contributed by atoms with Crippen LogP contribution >= 0.6 is 23.4 Å². The molecular weight excluding hydrogens is 438 g/mol. The Kier molecular flexibility index (Phi) is 6.73. The van der Waals surface area contributed by atoms with Gasteiger partial charge in [0.2, 0.25) is 5.91 Å². The summed E-state index contributed by atoms with van der Waals surface area (Å²) in [6, 6.07) is 10.6. The summed E-state index contributed by atoms with van der Waals surface area (Å²) in [6.07, 6.45) is 5.22. The summed E-state index contributed by atoms with van der Waals surface area (Å²) in [5.74, 6) is 0.219. The standard InChI is InChI=1S/C23H22ClNO5S/c24-17-13-15(5-9-22(26)25-10-2-1-3-18(25)23(27)28)4-8-21(17)31-16-6-7-19-20(14-16)30-12-11-29-19/h4-9,13-14,18H,1-3,10-12H2,(H,27,28). The van der Waals surface area contributed by atoms with E-state index in [9.17, 15) is 14.7 Å². The van der Waals surface area contributed by atoms with E-state index < -0.39 is 12.0 Å². The maximum absolute atomic E-state index is 12.5. The van der Waals surface area contributed by atoms with Gasteiger partial charge in [0.05, 0.1) is 5.02 Å². The Labute approximate surface area is 189 Å². The molecule has 31 heavy (non-hydrogen) atoms. The van der Waals surface area contributed by atoms with Crippen molar-refractivity contribution in [3.8, 4) is 11.5 Å². The molecule has 1 amide bonds. The second-order valence-corrected chi connectivity index (χ2v) is 8.83. The zero-order valence-corrected chi connectivity index (χ0v) is 18.3. The fraction of sp³-hybridized carbons (Fsp3) is 0.304. The van der Waals surface area contributed by atoms with Crippen molar-refractivity contribution >= 4 is 41.3 Å². The maximum Gasteiger partial charge on any atom is 0.326 e. The number of ether oxygens (including phenoxy) is 2. The minimum Gasteiger partial charge on any atom is -0.486 e. The van der Waals surface area contributed by atoms with E-state index in [2.05, 4.69) is 0 Å². The fourth-order valence-electron chi connectivity index (χ4n) is 3.63. The van der Waals surface area contributed by atoms with Crippen molar-refractivity contribution in [2.75, 3.05) is 19.8 Å². The van der Waals surface area contributed by atoms with Gasteiger partial charge in [0.15, 0.2) is 11.5 Å². The molecule has 4 rings (SSSR count). The number of carbonyl (C=O) groups excluding carboxylic acids is 1. The Bertz CT molecular complexity index is 1030. The Morgan fingerprint density at radius 1 is 1.10 bits per heavy atom. The van der Waals surface area contributed by atoms with Gasteiger partial charge in [-0.25, -0.2) is 4.79 Å². The molecule has 2 aliphatic rings. The predicted molar refractivity (Wildman–Crippen MR) is 119 cm³/mol. The highest BCUT2D eigenvalue weighted by Crippen LogP contribution is 2.39. The van der Waals surface area contributed by atoms with Gasteiger partial charge in [-0.1, -0.05) is 29.4 Å². The predicted octanol–water partition coefficient (Wildman–Crippen LogP) is 4.74. The van der Waals surface area contributed by atoms with Gasteiger partial charge >= 0.3 is 5.97 Å². The van der Waals surface area contributed by atoms with Gasteiger partial charge in [-0.15, -0.1) is 0 Å².